The van der Waals surface area contributed by atoms with Crippen LogP contribution in [0.2, 0.25) is 0 Å². The minimum Gasteiger partial charge on any atom is -0.479 e. The number of ether oxygens (including phenoxy) is 11. The predicted molar refractivity (Wildman–Crippen MR) is 361 cm³/mol. The molecule has 17 N–H and O–H groups in total. The summed E-state index contributed by atoms with van der Waals surface area (Å²) >= 11 is 0. The molecule has 3 aromatic rings. The molecule has 0 saturated carbocycles. The second-order valence-corrected chi connectivity index (χ2v) is 20.7. The number of aliphatic carboxylic acids is 3. The predicted octanol–water partition coefficient (Wildman–Crippen LogP) is -1.77. The molecule has 3 fully saturated rings. The molecule has 105 heavy (non-hydrogen) atoms. The summed E-state index contributed by atoms with van der Waals surface area (Å²) in [4.78, 5) is 107. The van der Waals surface area contributed by atoms with Crippen LogP contribution in [0.4, 0.5) is 14.4 Å². The molecule has 574 valence electrons. The van der Waals surface area contributed by atoms with Gasteiger partial charge in [0.25, 0.3) is 17.7 Å². The van der Waals surface area contributed by atoms with E-state index in [9.17, 15) is 94.2 Å². The van der Waals surface area contributed by atoms with Crippen LogP contribution in [0.5, 0.6) is 17.2 Å². The van der Waals surface area contributed by atoms with Crippen molar-refractivity contribution in [3.8, 4) is 29.6 Å². The SMILES string of the molecule is CC.CC.CC.[B]C(=O)OCc1ccc(O[C@@H]2O[C@H](C(=O)O)[C@@H](O)[C@H](O)[C@H]2O)c(C(=O)NCCCN)c1.[B]C(=O)OCc1ccc(O[C@@H]2O[C@H](C(=O)O)[C@@H](O)[C@H](O)[C@H]2O)c(C(=O)NCCCN=[N+]=[N-])c1.[B]C(=O)OCc1ccc(O[C@@H]2O[C@H](C(=O)O)[C@@H](O)[C@H](O)[C@H]2O)c(C(=O)NCCOCOCC#C)c1. The fourth-order valence-corrected chi connectivity index (χ4v) is 8.57. The Morgan fingerprint density at radius 1 is 0.505 bits per heavy atom. The topological polar surface area (TPSA) is 609 Å². The maximum atomic E-state index is 12.8. The number of carbonyl (C=O) groups is 9. The van der Waals surface area contributed by atoms with Crippen LogP contribution < -0.4 is 35.9 Å². The van der Waals surface area contributed by atoms with Gasteiger partial charge < -0.3 is 135 Å². The van der Waals surface area contributed by atoms with E-state index in [0.29, 0.717) is 36.1 Å². The number of carbonyl (C=O) groups excluding carboxylic acids is 6. The Hall–Kier alpha value is -9.25. The van der Waals surface area contributed by atoms with Crippen LogP contribution in [0.15, 0.2) is 59.7 Å². The van der Waals surface area contributed by atoms with E-state index in [1.165, 1.54) is 54.6 Å². The molecule has 3 amide bonds. The van der Waals surface area contributed by atoms with Gasteiger partial charge in [0.1, 0.15) is 105 Å². The second kappa shape index (κ2) is 50.2. The lowest BCUT2D eigenvalue weighted by Gasteiger charge is -2.38. The average Bonchev–Trinajstić information content (AvgIpc) is 0.804. The number of terminal acetylenes is 1. The Bertz CT molecular complexity index is 3350. The number of hydrogen-bond donors (Lipinski definition) is 16. The van der Waals surface area contributed by atoms with Crippen molar-refractivity contribution in [3.63, 3.8) is 0 Å². The third kappa shape index (κ3) is 31.2. The Kier molecular flexibility index (Phi) is 44.9. The number of carboxylic acids is 3. The molecule has 6 rings (SSSR count). The van der Waals surface area contributed by atoms with E-state index in [-0.39, 0.29) is 99.9 Å². The van der Waals surface area contributed by atoms with Gasteiger partial charge in [-0.25, -0.2) is 14.4 Å². The Morgan fingerprint density at radius 3 is 1.10 bits per heavy atom. The van der Waals surface area contributed by atoms with Crippen molar-refractivity contribution < 1.29 is 157 Å². The number of carboxylic acid groups (broad SMARTS) is 3. The highest BCUT2D eigenvalue weighted by molar-refractivity contribution is 6.55. The first-order valence-electron chi connectivity index (χ1n) is 32.0. The van der Waals surface area contributed by atoms with Gasteiger partial charge in [0, 0.05) is 31.1 Å². The van der Waals surface area contributed by atoms with Gasteiger partial charge in [-0.05, 0) is 78.0 Å². The molecular weight excluding hydrogens is 1400 g/mol. The highest BCUT2D eigenvalue weighted by Gasteiger charge is 2.51. The molecule has 3 aromatic carbocycles. The molecule has 0 aliphatic carbocycles. The van der Waals surface area contributed by atoms with Crippen molar-refractivity contribution in [1.82, 2.24) is 16.0 Å². The van der Waals surface area contributed by atoms with Crippen molar-refractivity contribution in [1.29, 1.82) is 0 Å². The highest BCUT2D eigenvalue weighted by Crippen LogP contribution is 2.32. The number of aliphatic hydroxyl groups excluding tert-OH is 9. The minimum atomic E-state index is -1.91. The fraction of sp³-hybridized carbons (Fsp3) is 0.540. The zero-order valence-corrected chi connectivity index (χ0v) is 57.8. The molecule has 42 heteroatoms. The number of nitrogens with one attached hydrogen (secondary N) is 3. The van der Waals surface area contributed by atoms with Crippen LogP contribution >= 0.6 is 0 Å². The van der Waals surface area contributed by atoms with Gasteiger partial charge in [-0.3, -0.25) is 28.8 Å². The van der Waals surface area contributed by atoms with Crippen LogP contribution in [-0.4, -0.2) is 283 Å². The zero-order chi connectivity index (χ0) is 79.6. The van der Waals surface area contributed by atoms with Gasteiger partial charge in [0.2, 0.25) is 60.0 Å². The lowest BCUT2D eigenvalue weighted by molar-refractivity contribution is -0.271. The Labute approximate surface area is 605 Å². The number of azide groups is 1. The van der Waals surface area contributed by atoms with Crippen molar-refractivity contribution in [3.05, 3.63) is 98.4 Å². The fourth-order valence-electron chi connectivity index (χ4n) is 8.57. The third-order valence-corrected chi connectivity index (χ3v) is 13.5. The first-order chi connectivity index (χ1) is 49.9. The van der Waals surface area contributed by atoms with Crippen LogP contribution in [0.25, 0.3) is 10.4 Å². The average molecular weight is 1490 g/mol. The number of nitrogens with zero attached hydrogens (tertiary/aromatic N) is 3. The van der Waals surface area contributed by atoms with Gasteiger partial charge >= 0.3 is 17.9 Å². The molecule has 3 saturated heterocycles. The monoisotopic (exact) mass is 1490 g/mol. The minimum absolute atomic E-state index is 0.0498. The Balaban J connectivity index is 0.000000760. The number of hydrogen-bond acceptors (Lipinski definition) is 31. The van der Waals surface area contributed by atoms with E-state index in [1.807, 2.05) is 41.5 Å². The van der Waals surface area contributed by atoms with E-state index < -0.39 is 145 Å². The lowest BCUT2D eigenvalue weighted by Crippen LogP contribution is -2.61. The normalized spacial score (nSPS) is 23.2. The number of aliphatic hydroxyl groups is 9. The second-order valence-electron chi connectivity index (χ2n) is 20.7. The summed E-state index contributed by atoms with van der Waals surface area (Å²) < 4.78 is 55.9. The standard InChI is InChI=1S/C21H24BNO12.C18H21BN4O10.C18H23BN2O10.3C2H6/c1-2-6-31-10-32-7-5-23-18(27)12-8-11(9-33-21(22)30)3-4-13(12)34-20-16(26)14(24)15(25)17(35-20)19(28)29;19-18(30)31-7-8-2-3-10(9(6-8)15(27)21-4-1-5-22-23-20)32-17-13(26)11(24)12(25)14(33-17)16(28)29;19-18(28)29-7-8-2-3-10(9(6-8)15(25)21-5-1-4-20)30-17-13(24)11(22)12(23)14(31-17)16(26)27;3*1-2/h1,3-4,8,14-17,20,24-26H,5-7,9-10H2,(H,23,27)(H,28,29);2-3,6,11-14,17,24-26H,1,4-5,7H2,(H,21,27)(H,28,29);2-3,6,11-14,17,22-24H,1,4-5,7,20H2,(H,21,25)(H,26,27);3*1-2H3/t14-,15-,16+,17-,20+;2*11-,12-,13+,14-,17+;;;/m000.../s1. The summed E-state index contributed by atoms with van der Waals surface area (Å²) in [7, 11) is 14.8. The molecular formula is C63H86B3N7O32. The quantitative estimate of drug-likeness (QED) is 0.00495. The van der Waals surface area contributed by atoms with Gasteiger partial charge in [-0.2, -0.15) is 0 Å². The maximum Gasteiger partial charge on any atom is 0.335 e. The molecule has 0 unspecified atom stereocenters. The molecule has 15 atom stereocenters. The largest absolute Gasteiger partial charge is 0.479 e. The van der Waals surface area contributed by atoms with Gasteiger partial charge in [-0.15, -0.1) is 6.42 Å². The van der Waals surface area contributed by atoms with Crippen molar-refractivity contribution in [2.75, 3.05) is 52.7 Å². The van der Waals surface area contributed by atoms with Crippen LogP contribution in [0, 0.1) is 12.3 Å². The van der Waals surface area contributed by atoms with Crippen molar-refractivity contribution >= 4 is 76.8 Å². The number of rotatable bonds is 31. The van der Waals surface area contributed by atoms with Crippen LogP contribution in [-0.2, 0) is 72.1 Å². The van der Waals surface area contributed by atoms with E-state index in [0.717, 1.165) is 0 Å². The zero-order valence-electron chi connectivity index (χ0n) is 57.8. The molecule has 6 radical (unpaired) electrons. The van der Waals surface area contributed by atoms with Crippen LogP contribution in [0.3, 0.4) is 0 Å². The van der Waals surface area contributed by atoms with E-state index >= 15 is 0 Å². The number of nitrogens with two attached hydrogens (primary N) is 1. The molecule has 39 nitrogen and oxygen atoms in total. The Morgan fingerprint density at radius 2 is 0.819 bits per heavy atom. The van der Waals surface area contributed by atoms with Crippen molar-refractivity contribution in [2.24, 2.45) is 10.8 Å². The van der Waals surface area contributed by atoms with Crippen LogP contribution in [0.1, 0.15) is 102 Å². The van der Waals surface area contributed by atoms with E-state index in [1.54, 1.807) is 0 Å². The summed E-state index contributed by atoms with van der Waals surface area (Å²) in [6.45, 7) is 12.2. The lowest BCUT2D eigenvalue weighted by atomic mass is 9.99. The third-order valence-electron chi connectivity index (χ3n) is 13.5. The summed E-state index contributed by atoms with van der Waals surface area (Å²) in [6.07, 6.45) is -21.8. The number of amides is 3. The summed E-state index contributed by atoms with van der Waals surface area (Å²) in [5.41, 5.74) is 14.5. The summed E-state index contributed by atoms with van der Waals surface area (Å²) in [5, 5.41) is 128. The molecule has 3 heterocycles. The van der Waals surface area contributed by atoms with Gasteiger partial charge in [-0.1, -0.05) is 70.8 Å². The number of benzene rings is 3. The highest BCUT2D eigenvalue weighted by atomic mass is 16.7. The summed E-state index contributed by atoms with van der Waals surface area (Å²) in [5.74, 6) is -7.97. The van der Waals surface area contributed by atoms with Crippen molar-refractivity contribution in [2.45, 2.75) is 166 Å². The van der Waals surface area contributed by atoms with E-state index in [2.05, 4.69) is 31.9 Å². The first kappa shape index (κ1) is 93.8. The summed E-state index contributed by atoms with van der Waals surface area (Å²) in [6, 6.07) is 12.1. The maximum absolute atomic E-state index is 12.8. The molecule has 3 aliphatic heterocycles. The van der Waals surface area contributed by atoms with Gasteiger partial charge in [0.15, 0.2) is 18.3 Å². The first-order valence-corrected chi connectivity index (χ1v) is 32.0. The van der Waals surface area contributed by atoms with Gasteiger partial charge in [0.05, 0.1) is 23.3 Å². The molecule has 0 bridgehead atoms. The molecule has 3 aliphatic rings. The smallest absolute Gasteiger partial charge is 0.335 e. The van der Waals surface area contributed by atoms with E-state index in [4.69, 9.17) is 104 Å². The molecule has 0 aromatic heterocycles. The molecule has 0 spiro atoms.